The number of benzene rings is 1. The molecule has 0 bridgehead atoms. The van der Waals surface area contributed by atoms with Crippen LogP contribution in [0.4, 0.5) is 0 Å². The first-order chi connectivity index (χ1) is 14.2. The van der Waals surface area contributed by atoms with Gasteiger partial charge in [0, 0.05) is 32.1 Å². The summed E-state index contributed by atoms with van der Waals surface area (Å²) in [5.74, 6) is 3.77. The van der Waals surface area contributed by atoms with E-state index in [1.165, 1.54) is 31.2 Å². The summed E-state index contributed by atoms with van der Waals surface area (Å²) < 4.78 is 8.27. The van der Waals surface area contributed by atoms with Crippen molar-refractivity contribution in [3.63, 3.8) is 0 Å². The van der Waals surface area contributed by atoms with Crippen LogP contribution in [0.5, 0.6) is 5.75 Å². The molecule has 158 valence electrons. The summed E-state index contributed by atoms with van der Waals surface area (Å²) in [5.41, 5.74) is 2.34. The van der Waals surface area contributed by atoms with Crippen molar-refractivity contribution in [3.8, 4) is 5.75 Å². The van der Waals surface area contributed by atoms with Crippen LogP contribution in [0, 0.1) is 6.92 Å². The lowest BCUT2D eigenvalue weighted by atomic mass is 10.1. The van der Waals surface area contributed by atoms with Crippen LogP contribution in [0.2, 0.25) is 0 Å². The Hall–Kier alpha value is -2.57. The smallest absolute Gasteiger partial charge is 0.191 e. The maximum atomic E-state index is 6.05. The second kappa shape index (κ2) is 10.8. The van der Waals surface area contributed by atoms with Crippen molar-refractivity contribution in [3.05, 3.63) is 41.0 Å². The summed E-state index contributed by atoms with van der Waals surface area (Å²) in [7, 11) is 1.78. The first-order valence-electron chi connectivity index (χ1n) is 10.8. The van der Waals surface area contributed by atoms with Gasteiger partial charge >= 0.3 is 0 Å². The van der Waals surface area contributed by atoms with Gasteiger partial charge in [0.15, 0.2) is 11.8 Å². The number of fused-ring (bicyclic) bond motifs is 1. The highest BCUT2D eigenvalue weighted by Gasteiger charge is 2.15. The van der Waals surface area contributed by atoms with Gasteiger partial charge in [-0.05, 0) is 37.8 Å². The van der Waals surface area contributed by atoms with E-state index < -0.39 is 0 Å². The Morgan fingerprint density at radius 1 is 1.17 bits per heavy atom. The zero-order valence-corrected chi connectivity index (χ0v) is 18.0. The minimum Gasteiger partial charge on any atom is -0.493 e. The third-order valence-corrected chi connectivity index (χ3v) is 5.25. The number of guanidine groups is 1. The Balaban J connectivity index is 1.54. The van der Waals surface area contributed by atoms with Gasteiger partial charge in [-0.25, -0.2) is 0 Å². The fourth-order valence-corrected chi connectivity index (χ4v) is 3.54. The zero-order chi connectivity index (χ0) is 20.5. The van der Waals surface area contributed by atoms with E-state index in [-0.39, 0.29) is 0 Å². The van der Waals surface area contributed by atoms with Crippen LogP contribution in [-0.2, 0) is 26.1 Å². The quantitative estimate of drug-likeness (QED) is 0.385. The van der Waals surface area contributed by atoms with E-state index in [1.54, 1.807) is 7.05 Å². The van der Waals surface area contributed by atoms with Gasteiger partial charge in [0.05, 0.1) is 13.2 Å². The highest BCUT2D eigenvalue weighted by Crippen LogP contribution is 2.21. The molecule has 0 aliphatic carbocycles. The fourth-order valence-electron chi connectivity index (χ4n) is 3.54. The average Bonchev–Trinajstić information content (AvgIpc) is 3.15. The molecular weight excluding hydrogens is 364 g/mol. The molecule has 1 aliphatic rings. The monoisotopic (exact) mass is 398 g/mol. The maximum absolute atomic E-state index is 6.05. The van der Waals surface area contributed by atoms with Crippen LogP contribution in [0.25, 0.3) is 0 Å². The highest BCUT2D eigenvalue weighted by molar-refractivity contribution is 5.79. The molecule has 1 aromatic heterocycles. The number of ether oxygens (including phenoxy) is 1. The minimum atomic E-state index is 0.612. The number of rotatable bonds is 9. The van der Waals surface area contributed by atoms with Crippen molar-refractivity contribution < 1.29 is 4.74 Å². The Morgan fingerprint density at radius 2 is 2.03 bits per heavy atom. The van der Waals surface area contributed by atoms with Crippen molar-refractivity contribution in [2.24, 2.45) is 4.99 Å². The molecule has 7 heteroatoms. The predicted octanol–water partition coefficient (Wildman–Crippen LogP) is 3.36. The molecule has 2 heterocycles. The van der Waals surface area contributed by atoms with E-state index in [0.717, 1.165) is 54.9 Å². The summed E-state index contributed by atoms with van der Waals surface area (Å²) in [6.45, 7) is 7.33. The summed E-state index contributed by atoms with van der Waals surface area (Å²) >= 11 is 0. The van der Waals surface area contributed by atoms with Gasteiger partial charge in [-0.1, -0.05) is 31.9 Å². The summed E-state index contributed by atoms with van der Waals surface area (Å²) in [4.78, 5) is 4.34. The maximum Gasteiger partial charge on any atom is 0.191 e. The van der Waals surface area contributed by atoms with Crippen LogP contribution in [0.15, 0.2) is 23.2 Å². The highest BCUT2D eigenvalue weighted by atomic mass is 16.5. The predicted molar refractivity (Wildman–Crippen MR) is 116 cm³/mol. The Kier molecular flexibility index (Phi) is 7.90. The van der Waals surface area contributed by atoms with Crippen molar-refractivity contribution >= 4 is 5.96 Å². The summed E-state index contributed by atoms with van der Waals surface area (Å²) in [6, 6.07) is 6.36. The standard InChI is InChI=1S/C22H34N6O/c1-4-5-8-13-29-19-14-17(2)10-11-18(19)15-24-22(23-3)25-16-21-27-26-20-9-6-7-12-28(20)21/h10-11,14H,4-9,12-13,15-16H2,1-3H3,(H2,23,24,25). The summed E-state index contributed by atoms with van der Waals surface area (Å²) in [6.07, 6.45) is 6.90. The minimum absolute atomic E-state index is 0.612. The number of aliphatic imine (C=N–C) groups is 1. The van der Waals surface area contributed by atoms with Crippen LogP contribution >= 0.6 is 0 Å². The van der Waals surface area contributed by atoms with Crippen LogP contribution in [0.1, 0.15) is 61.8 Å². The normalized spacial score (nSPS) is 13.8. The van der Waals surface area contributed by atoms with Gasteiger partial charge in [0.1, 0.15) is 11.6 Å². The molecule has 1 aromatic carbocycles. The average molecular weight is 399 g/mol. The first-order valence-corrected chi connectivity index (χ1v) is 10.8. The number of unbranched alkanes of at least 4 members (excludes halogenated alkanes) is 2. The van der Waals surface area contributed by atoms with E-state index in [9.17, 15) is 0 Å². The first kappa shape index (κ1) is 21.1. The van der Waals surface area contributed by atoms with Crippen molar-refractivity contribution in [2.75, 3.05) is 13.7 Å². The number of nitrogens with one attached hydrogen (secondary N) is 2. The number of aryl methyl sites for hydroxylation is 2. The van der Waals surface area contributed by atoms with Crippen LogP contribution in [0.3, 0.4) is 0 Å². The van der Waals surface area contributed by atoms with E-state index in [4.69, 9.17) is 4.74 Å². The molecule has 0 amide bonds. The molecule has 0 saturated heterocycles. The lowest BCUT2D eigenvalue weighted by Crippen LogP contribution is -2.37. The van der Waals surface area contributed by atoms with Gasteiger partial charge in [0.2, 0.25) is 0 Å². The molecule has 1 aliphatic heterocycles. The third kappa shape index (κ3) is 5.95. The SMILES string of the molecule is CCCCCOc1cc(C)ccc1CNC(=NC)NCc1nnc2n1CCCC2. The van der Waals surface area contributed by atoms with Gasteiger partial charge in [-0.2, -0.15) is 0 Å². The molecule has 3 rings (SSSR count). The molecule has 2 aromatic rings. The molecule has 29 heavy (non-hydrogen) atoms. The van der Waals surface area contributed by atoms with Gasteiger partial charge < -0.3 is 19.9 Å². The topological polar surface area (TPSA) is 76.4 Å². The molecule has 0 atom stereocenters. The van der Waals surface area contributed by atoms with E-state index >= 15 is 0 Å². The molecule has 0 unspecified atom stereocenters. The van der Waals surface area contributed by atoms with E-state index in [1.807, 2.05) is 0 Å². The molecule has 0 saturated carbocycles. The molecule has 0 radical (unpaired) electrons. The lowest BCUT2D eigenvalue weighted by molar-refractivity contribution is 0.303. The Bertz CT molecular complexity index is 814. The largest absolute Gasteiger partial charge is 0.493 e. The van der Waals surface area contributed by atoms with Crippen molar-refractivity contribution in [1.82, 2.24) is 25.4 Å². The lowest BCUT2D eigenvalue weighted by Gasteiger charge is -2.17. The van der Waals surface area contributed by atoms with Gasteiger partial charge in [0.25, 0.3) is 0 Å². The molecule has 2 N–H and O–H groups in total. The Labute approximate surface area is 174 Å². The fraction of sp³-hybridized carbons (Fsp3) is 0.591. The third-order valence-electron chi connectivity index (χ3n) is 5.25. The van der Waals surface area contributed by atoms with E-state index in [0.29, 0.717) is 13.1 Å². The number of hydrogen-bond donors (Lipinski definition) is 2. The van der Waals surface area contributed by atoms with Crippen LogP contribution in [-0.4, -0.2) is 34.4 Å². The van der Waals surface area contributed by atoms with Crippen molar-refractivity contribution in [1.29, 1.82) is 0 Å². The van der Waals surface area contributed by atoms with Crippen LogP contribution < -0.4 is 15.4 Å². The van der Waals surface area contributed by atoms with Gasteiger partial charge in [-0.15, -0.1) is 10.2 Å². The van der Waals surface area contributed by atoms with Crippen molar-refractivity contribution in [2.45, 2.75) is 72.0 Å². The molecule has 7 nitrogen and oxygen atoms in total. The molecular formula is C22H34N6O. The van der Waals surface area contributed by atoms with Gasteiger partial charge in [-0.3, -0.25) is 4.99 Å². The molecule has 0 spiro atoms. The zero-order valence-electron chi connectivity index (χ0n) is 18.0. The summed E-state index contributed by atoms with van der Waals surface area (Å²) in [5, 5.41) is 15.4. The Morgan fingerprint density at radius 3 is 2.86 bits per heavy atom. The molecule has 0 fully saturated rings. The number of aromatic nitrogens is 3. The van der Waals surface area contributed by atoms with E-state index in [2.05, 4.69) is 62.4 Å². The number of nitrogens with zero attached hydrogens (tertiary/aromatic N) is 4. The second-order valence-electron chi connectivity index (χ2n) is 7.59. The number of hydrogen-bond acceptors (Lipinski definition) is 4. The second-order valence-corrected chi connectivity index (χ2v) is 7.59.